The molecule has 130 valence electrons. The van der Waals surface area contributed by atoms with Crippen molar-refractivity contribution in [2.24, 2.45) is 0 Å². The summed E-state index contributed by atoms with van der Waals surface area (Å²) in [5.74, 6) is 0.743. The summed E-state index contributed by atoms with van der Waals surface area (Å²) in [6, 6.07) is 19.8. The Morgan fingerprint density at radius 2 is 1.96 bits per heavy atom. The fraction of sp³-hybridized carbons (Fsp3) is 0.136. The largest absolute Gasteiger partial charge is 0.497 e. The molecule has 1 amide bonds. The van der Waals surface area contributed by atoms with Gasteiger partial charge in [0.25, 0.3) is 0 Å². The molecule has 4 aromatic rings. The summed E-state index contributed by atoms with van der Waals surface area (Å²) in [5, 5.41) is 6.22. The van der Waals surface area contributed by atoms with E-state index in [0.29, 0.717) is 6.54 Å². The number of nitrogens with one attached hydrogen (secondary N) is 1. The fourth-order valence-corrected chi connectivity index (χ4v) is 3.22. The first kappa shape index (κ1) is 16.2. The number of methoxy groups -OCH3 is 1. The smallest absolute Gasteiger partial charge is 0.224 e. The standard InChI is InChI=1S/C22H19NO3/c1-25-18-7-4-5-15(11-18)13-23-21(24)12-17-14-26-20-10-9-16-6-2-3-8-19(16)22(17)20/h2-11,14H,12-13H2,1H3,(H,23,24). The molecule has 0 bridgehead atoms. The zero-order valence-corrected chi connectivity index (χ0v) is 14.5. The summed E-state index contributed by atoms with van der Waals surface area (Å²) < 4.78 is 10.9. The molecule has 0 spiro atoms. The Labute approximate surface area is 151 Å². The van der Waals surface area contributed by atoms with Crippen LogP contribution in [0.1, 0.15) is 11.1 Å². The number of furan rings is 1. The quantitative estimate of drug-likeness (QED) is 0.581. The Bertz CT molecular complexity index is 1080. The second-order valence-corrected chi connectivity index (χ2v) is 6.23. The Morgan fingerprint density at radius 1 is 1.08 bits per heavy atom. The summed E-state index contributed by atoms with van der Waals surface area (Å²) >= 11 is 0. The first-order chi connectivity index (χ1) is 12.7. The first-order valence-corrected chi connectivity index (χ1v) is 8.52. The van der Waals surface area contributed by atoms with Crippen LogP contribution in [0.4, 0.5) is 0 Å². The minimum absolute atomic E-state index is 0.0385. The van der Waals surface area contributed by atoms with Gasteiger partial charge >= 0.3 is 0 Å². The average molecular weight is 345 g/mol. The molecule has 0 saturated carbocycles. The van der Waals surface area contributed by atoms with Crippen molar-refractivity contribution < 1.29 is 13.9 Å². The molecule has 4 nitrogen and oxygen atoms in total. The molecule has 0 saturated heterocycles. The Morgan fingerprint density at radius 3 is 2.85 bits per heavy atom. The maximum atomic E-state index is 12.4. The van der Waals surface area contributed by atoms with Crippen LogP contribution in [0.3, 0.4) is 0 Å². The van der Waals surface area contributed by atoms with E-state index in [-0.39, 0.29) is 12.3 Å². The molecule has 0 radical (unpaired) electrons. The van der Waals surface area contributed by atoms with E-state index in [1.807, 2.05) is 48.5 Å². The molecule has 0 unspecified atom stereocenters. The highest BCUT2D eigenvalue weighted by atomic mass is 16.5. The lowest BCUT2D eigenvalue weighted by Gasteiger charge is -2.07. The molecule has 0 aliphatic rings. The van der Waals surface area contributed by atoms with E-state index < -0.39 is 0 Å². The number of ether oxygens (including phenoxy) is 1. The van der Waals surface area contributed by atoms with Gasteiger partial charge in [-0.3, -0.25) is 4.79 Å². The molecular weight excluding hydrogens is 326 g/mol. The third-order valence-corrected chi connectivity index (χ3v) is 4.51. The van der Waals surface area contributed by atoms with Crippen LogP contribution in [0.15, 0.2) is 71.3 Å². The molecule has 0 aliphatic carbocycles. The lowest BCUT2D eigenvalue weighted by Crippen LogP contribution is -2.24. The maximum Gasteiger partial charge on any atom is 0.224 e. The van der Waals surface area contributed by atoms with E-state index in [9.17, 15) is 4.79 Å². The van der Waals surface area contributed by atoms with Gasteiger partial charge in [-0.25, -0.2) is 0 Å². The number of hydrogen-bond acceptors (Lipinski definition) is 3. The van der Waals surface area contributed by atoms with Crippen LogP contribution < -0.4 is 10.1 Å². The van der Waals surface area contributed by atoms with E-state index in [2.05, 4.69) is 17.4 Å². The number of carbonyl (C=O) groups is 1. The van der Waals surface area contributed by atoms with E-state index in [4.69, 9.17) is 9.15 Å². The number of fused-ring (bicyclic) bond motifs is 3. The van der Waals surface area contributed by atoms with E-state index in [0.717, 1.165) is 38.6 Å². The highest BCUT2D eigenvalue weighted by molar-refractivity contribution is 6.08. The zero-order valence-electron chi connectivity index (χ0n) is 14.5. The Kier molecular flexibility index (Phi) is 4.32. The van der Waals surface area contributed by atoms with Crippen LogP contribution in [0.5, 0.6) is 5.75 Å². The highest BCUT2D eigenvalue weighted by Gasteiger charge is 2.13. The van der Waals surface area contributed by atoms with Gasteiger partial charge in [0.05, 0.1) is 19.8 Å². The van der Waals surface area contributed by atoms with Gasteiger partial charge < -0.3 is 14.5 Å². The van der Waals surface area contributed by atoms with Gasteiger partial charge in [0.15, 0.2) is 0 Å². The van der Waals surface area contributed by atoms with Gasteiger partial charge in [0.2, 0.25) is 5.91 Å². The average Bonchev–Trinajstić information content (AvgIpc) is 3.10. The summed E-state index contributed by atoms with van der Waals surface area (Å²) in [5.41, 5.74) is 2.71. The van der Waals surface area contributed by atoms with Gasteiger partial charge in [0.1, 0.15) is 11.3 Å². The second-order valence-electron chi connectivity index (χ2n) is 6.23. The number of amides is 1. The van der Waals surface area contributed by atoms with Gasteiger partial charge in [-0.05, 0) is 34.5 Å². The molecular formula is C22H19NO3. The lowest BCUT2D eigenvalue weighted by atomic mass is 10.0. The molecule has 3 aromatic carbocycles. The number of rotatable bonds is 5. The minimum atomic E-state index is -0.0385. The molecule has 4 rings (SSSR count). The van der Waals surface area contributed by atoms with Gasteiger partial charge in [-0.1, -0.05) is 42.5 Å². The Hall–Kier alpha value is -3.27. The van der Waals surface area contributed by atoms with Gasteiger partial charge in [-0.15, -0.1) is 0 Å². The van der Waals surface area contributed by atoms with Crippen LogP contribution in [-0.4, -0.2) is 13.0 Å². The van der Waals surface area contributed by atoms with Crippen molar-refractivity contribution in [3.63, 3.8) is 0 Å². The number of hydrogen-bond donors (Lipinski definition) is 1. The van der Waals surface area contributed by atoms with Crippen LogP contribution >= 0.6 is 0 Å². The van der Waals surface area contributed by atoms with Crippen molar-refractivity contribution in [1.82, 2.24) is 5.32 Å². The summed E-state index contributed by atoms with van der Waals surface area (Å²) in [4.78, 5) is 12.4. The van der Waals surface area contributed by atoms with Gasteiger partial charge in [0, 0.05) is 17.5 Å². The predicted octanol–water partition coefficient (Wildman–Crippen LogP) is 4.45. The van der Waals surface area contributed by atoms with Crippen molar-refractivity contribution in [1.29, 1.82) is 0 Å². The monoisotopic (exact) mass is 345 g/mol. The fourth-order valence-electron chi connectivity index (χ4n) is 3.22. The van der Waals surface area contributed by atoms with Crippen LogP contribution in [0.25, 0.3) is 21.7 Å². The van der Waals surface area contributed by atoms with Crippen molar-refractivity contribution in [3.8, 4) is 5.75 Å². The normalized spacial score (nSPS) is 11.0. The summed E-state index contributed by atoms with van der Waals surface area (Å²) in [6.07, 6.45) is 1.97. The highest BCUT2D eigenvalue weighted by Crippen LogP contribution is 2.30. The minimum Gasteiger partial charge on any atom is -0.497 e. The topological polar surface area (TPSA) is 51.5 Å². The van der Waals surface area contributed by atoms with Crippen molar-refractivity contribution in [3.05, 3.63) is 78.1 Å². The molecule has 1 aromatic heterocycles. The SMILES string of the molecule is COc1cccc(CNC(=O)Cc2coc3ccc4ccccc4c23)c1. The van der Waals surface area contributed by atoms with Crippen molar-refractivity contribution >= 4 is 27.6 Å². The molecule has 4 heteroatoms. The zero-order chi connectivity index (χ0) is 17.9. The Balaban J connectivity index is 1.53. The third kappa shape index (κ3) is 3.14. The molecule has 0 fully saturated rings. The molecule has 0 aliphatic heterocycles. The number of carbonyl (C=O) groups excluding carboxylic acids is 1. The van der Waals surface area contributed by atoms with Crippen molar-refractivity contribution in [2.45, 2.75) is 13.0 Å². The summed E-state index contributed by atoms with van der Waals surface area (Å²) in [6.45, 7) is 0.465. The summed E-state index contributed by atoms with van der Waals surface area (Å²) in [7, 11) is 1.63. The van der Waals surface area contributed by atoms with Crippen molar-refractivity contribution in [2.75, 3.05) is 7.11 Å². The van der Waals surface area contributed by atoms with Gasteiger partial charge in [-0.2, -0.15) is 0 Å². The van der Waals surface area contributed by atoms with E-state index >= 15 is 0 Å². The van der Waals surface area contributed by atoms with Crippen LogP contribution in [0.2, 0.25) is 0 Å². The van der Waals surface area contributed by atoms with Crippen LogP contribution in [-0.2, 0) is 17.8 Å². The lowest BCUT2D eigenvalue weighted by molar-refractivity contribution is -0.120. The molecule has 0 atom stereocenters. The van der Waals surface area contributed by atoms with E-state index in [1.54, 1.807) is 13.4 Å². The predicted molar refractivity (Wildman–Crippen MR) is 102 cm³/mol. The molecule has 1 heterocycles. The number of benzene rings is 3. The third-order valence-electron chi connectivity index (χ3n) is 4.51. The molecule has 26 heavy (non-hydrogen) atoms. The second kappa shape index (κ2) is 6.92. The molecule has 1 N–H and O–H groups in total. The van der Waals surface area contributed by atoms with Crippen LogP contribution in [0, 0.1) is 0 Å². The first-order valence-electron chi connectivity index (χ1n) is 8.52. The maximum absolute atomic E-state index is 12.4. The van der Waals surface area contributed by atoms with E-state index in [1.165, 1.54) is 0 Å².